The summed E-state index contributed by atoms with van der Waals surface area (Å²) in [6.07, 6.45) is 1.98. The molecule has 0 saturated heterocycles. The SMILES string of the molecule is Clc1ccc(-c2nc3ccccn3c2Nc2ccc3c(c2)OCO3)cc1. The molecule has 2 aromatic carbocycles. The lowest BCUT2D eigenvalue weighted by Crippen LogP contribution is -1.97. The minimum absolute atomic E-state index is 0.254. The summed E-state index contributed by atoms with van der Waals surface area (Å²) in [6.45, 7) is 0.254. The molecule has 4 aromatic rings. The van der Waals surface area contributed by atoms with Gasteiger partial charge in [0.25, 0.3) is 0 Å². The van der Waals surface area contributed by atoms with E-state index in [1.54, 1.807) is 0 Å². The van der Waals surface area contributed by atoms with Crippen LogP contribution in [-0.4, -0.2) is 16.2 Å². The maximum atomic E-state index is 6.03. The highest BCUT2D eigenvalue weighted by atomic mass is 35.5. The van der Waals surface area contributed by atoms with E-state index in [4.69, 9.17) is 26.1 Å². The van der Waals surface area contributed by atoms with Crippen molar-refractivity contribution in [3.63, 3.8) is 0 Å². The third kappa shape index (κ3) is 2.53. The molecule has 26 heavy (non-hydrogen) atoms. The van der Waals surface area contributed by atoms with Crippen LogP contribution in [0.4, 0.5) is 11.5 Å². The van der Waals surface area contributed by atoms with Crippen LogP contribution in [0.5, 0.6) is 11.5 Å². The molecule has 5 nitrogen and oxygen atoms in total. The second-order valence-corrected chi connectivity index (χ2v) is 6.37. The summed E-state index contributed by atoms with van der Waals surface area (Å²) in [5.41, 5.74) is 3.60. The maximum Gasteiger partial charge on any atom is 0.231 e. The number of fused-ring (bicyclic) bond motifs is 2. The number of nitrogens with one attached hydrogen (secondary N) is 1. The van der Waals surface area contributed by atoms with Gasteiger partial charge in [-0.2, -0.15) is 0 Å². The second kappa shape index (κ2) is 5.97. The zero-order valence-corrected chi connectivity index (χ0v) is 14.4. The Kier molecular flexibility index (Phi) is 3.47. The molecule has 3 heterocycles. The van der Waals surface area contributed by atoms with E-state index >= 15 is 0 Å². The molecule has 1 aliphatic rings. The number of pyridine rings is 1. The fourth-order valence-corrected chi connectivity index (χ4v) is 3.16. The number of aromatic nitrogens is 2. The van der Waals surface area contributed by atoms with E-state index in [1.807, 2.05) is 71.3 Å². The topological polar surface area (TPSA) is 47.8 Å². The van der Waals surface area contributed by atoms with Crippen LogP contribution in [0.3, 0.4) is 0 Å². The lowest BCUT2D eigenvalue weighted by Gasteiger charge is -2.10. The molecule has 0 saturated carbocycles. The first kappa shape index (κ1) is 15.1. The third-order valence-corrected chi connectivity index (χ3v) is 4.53. The zero-order chi connectivity index (χ0) is 17.5. The van der Waals surface area contributed by atoms with E-state index < -0.39 is 0 Å². The van der Waals surface area contributed by atoms with Crippen LogP contribution in [-0.2, 0) is 0 Å². The van der Waals surface area contributed by atoms with Gasteiger partial charge in [-0.15, -0.1) is 0 Å². The number of ether oxygens (including phenoxy) is 2. The number of hydrogen-bond acceptors (Lipinski definition) is 4. The average molecular weight is 364 g/mol. The predicted molar refractivity (Wildman–Crippen MR) is 101 cm³/mol. The van der Waals surface area contributed by atoms with Gasteiger partial charge in [0.05, 0.1) is 0 Å². The summed E-state index contributed by atoms with van der Waals surface area (Å²) in [5.74, 6) is 2.37. The van der Waals surface area contributed by atoms with Crippen molar-refractivity contribution in [3.8, 4) is 22.8 Å². The molecular weight excluding hydrogens is 350 g/mol. The van der Waals surface area contributed by atoms with E-state index in [-0.39, 0.29) is 6.79 Å². The lowest BCUT2D eigenvalue weighted by molar-refractivity contribution is 0.174. The molecule has 0 aliphatic carbocycles. The number of anilines is 2. The standard InChI is InChI=1S/C20H14ClN3O2/c21-14-6-4-13(5-7-14)19-20(24-10-2-1-3-18(24)23-19)22-15-8-9-16-17(11-15)26-12-25-16/h1-11,22H,12H2. The second-order valence-electron chi connectivity index (χ2n) is 5.94. The van der Waals surface area contributed by atoms with Crippen molar-refractivity contribution in [3.05, 3.63) is 71.9 Å². The van der Waals surface area contributed by atoms with Gasteiger partial charge in [0.1, 0.15) is 17.2 Å². The van der Waals surface area contributed by atoms with E-state index in [9.17, 15) is 0 Å². The summed E-state index contributed by atoms with van der Waals surface area (Å²) >= 11 is 6.03. The minimum Gasteiger partial charge on any atom is -0.454 e. The summed E-state index contributed by atoms with van der Waals surface area (Å²) < 4.78 is 12.9. The van der Waals surface area contributed by atoms with Gasteiger partial charge in [-0.05, 0) is 36.4 Å². The van der Waals surface area contributed by atoms with Gasteiger partial charge in [0.15, 0.2) is 11.5 Å². The Bertz CT molecular complexity index is 1110. The van der Waals surface area contributed by atoms with Crippen LogP contribution < -0.4 is 14.8 Å². The van der Waals surface area contributed by atoms with Crippen molar-refractivity contribution in [2.75, 3.05) is 12.1 Å². The van der Waals surface area contributed by atoms with Crippen molar-refractivity contribution in [1.29, 1.82) is 0 Å². The summed E-state index contributed by atoms with van der Waals surface area (Å²) in [5, 5.41) is 4.17. The molecule has 5 rings (SSSR count). The van der Waals surface area contributed by atoms with E-state index in [2.05, 4.69) is 5.32 Å². The average Bonchev–Trinajstić information content (AvgIpc) is 3.27. The Morgan fingerprint density at radius 3 is 2.69 bits per heavy atom. The fraction of sp³-hybridized carbons (Fsp3) is 0.0500. The molecular formula is C20H14ClN3O2. The van der Waals surface area contributed by atoms with Crippen LogP contribution in [0.1, 0.15) is 0 Å². The zero-order valence-electron chi connectivity index (χ0n) is 13.6. The van der Waals surface area contributed by atoms with Crippen LogP contribution in [0.25, 0.3) is 16.9 Å². The Morgan fingerprint density at radius 1 is 0.962 bits per heavy atom. The Morgan fingerprint density at radius 2 is 1.81 bits per heavy atom. The molecule has 0 bridgehead atoms. The van der Waals surface area contributed by atoms with Gasteiger partial charge in [-0.25, -0.2) is 4.98 Å². The van der Waals surface area contributed by atoms with Crippen molar-refractivity contribution in [2.45, 2.75) is 0 Å². The molecule has 0 fully saturated rings. The van der Waals surface area contributed by atoms with E-state index in [0.29, 0.717) is 5.02 Å². The molecule has 0 spiro atoms. The number of hydrogen-bond donors (Lipinski definition) is 1. The highest BCUT2D eigenvalue weighted by Gasteiger charge is 2.17. The van der Waals surface area contributed by atoms with Gasteiger partial charge in [0, 0.05) is 28.5 Å². The van der Waals surface area contributed by atoms with Gasteiger partial charge in [0.2, 0.25) is 6.79 Å². The smallest absolute Gasteiger partial charge is 0.231 e. The summed E-state index contributed by atoms with van der Waals surface area (Å²) in [4.78, 5) is 4.78. The van der Waals surface area contributed by atoms with Crippen LogP contribution in [0, 0.1) is 0 Å². The largest absolute Gasteiger partial charge is 0.454 e. The van der Waals surface area contributed by atoms with Crippen LogP contribution in [0.2, 0.25) is 5.02 Å². The molecule has 1 N–H and O–H groups in total. The number of rotatable bonds is 3. The molecule has 128 valence electrons. The van der Waals surface area contributed by atoms with Gasteiger partial charge >= 0.3 is 0 Å². The highest BCUT2D eigenvalue weighted by Crippen LogP contribution is 2.37. The summed E-state index contributed by atoms with van der Waals surface area (Å²) in [7, 11) is 0. The van der Waals surface area contributed by atoms with Crippen LogP contribution in [0.15, 0.2) is 66.9 Å². The molecule has 2 aromatic heterocycles. The first-order valence-electron chi connectivity index (χ1n) is 8.18. The van der Waals surface area contributed by atoms with Crippen molar-refractivity contribution in [2.24, 2.45) is 0 Å². The predicted octanol–water partition coefficient (Wildman–Crippen LogP) is 5.13. The molecule has 0 atom stereocenters. The van der Waals surface area contributed by atoms with E-state index in [0.717, 1.165) is 39.9 Å². The maximum absolute atomic E-state index is 6.03. The highest BCUT2D eigenvalue weighted by molar-refractivity contribution is 6.30. The number of benzene rings is 2. The molecule has 0 unspecified atom stereocenters. The first-order chi connectivity index (χ1) is 12.8. The Balaban J connectivity index is 1.63. The number of nitrogens with zero attached hydrogens (tertiary/aromatic N) is 2. The Hall–Kier alpha value is -3.18. The lowest BCUT2D eigenvalue weighted by atomic mass is 10.1. The molecule has 0 amide bonds. The van der Waals surface area contributed by atoms with Gasteiger partial charge in [-0.3, -0.25) is 4.40 Å². The van der Waals surface area contributed by atoms with Crippen LogP contribution >= 0.6 is 11.6 Å². The van der Waals surface area contributed by atoms with Gasteiger partial charge < -0.3 is 14.8 Å². The quantitative estimate of drug-likeness (QED) is 0.548. The summed E-state index contributed by atoms with van der Waals surface area (Å²) in [6, 6.07) is 19.4. The first-order valence-corrected chi connectivity index (χ1v) is 8.55. The van der Waals surface area contributed by atoms with Gasteiger partial charge in [-0.1, -0.05) is 29.8 Å². The van der Waals surface area contributed by atoms with E-state index in [1.165, 1.54) is 0 Å². The molecule has 1 aliphatic heterocycles. The Labute approximate surface area is 154 Å². The number of imidazole rings is 1. The molecule has 6 heteroatoms. The monoisotopic (exact) mass is 363 g/mol. The third-order valence-electron chi connectivity index (χ3n) is 4.28. The molecule has 0 radical (unpaired) electrons. The van der Waals surface area contributed by atoms with Crippen molar-refractivity contribution in [1.82, 2.24) is 9.38 Å². The minimum atomic E-state index is 0.254. The fourth-order valence-electron chi connectivity index (χ4n) is 3.04. The van der Waals surface area contributed by atoms with Crippen molar-refractivity contribution < 1.29 is 9.47 Å². The number of halogens is 1. The normalized spacial score (nSPS) is 12.5. The van der Waals surface area contributed by atoms with Crippen molar-refractivity contribution >= 4 is 28.8 Å².